The maximum Gasteiger partial charge on any atom is 0.166 e. The molecule has 3 aromatic heterocycles. The van der Waals surface area contributed by atoms with Crippen LogP contribution in [0.15, 0.2) is 170 Å². The molecule has 0 saturated carbocycles. The highest BCUT2D eigenvalue weighted by Crippen LogP contribution is 2.43. The van der Waals surface area contributed by atoms with Crippen LogP contribution in [0.3, 0.4) is 0 Å². The second-order valence-electron chi connectivity index (χ2n) is 13.2. The lowest BCUT2D eigenvalue weighted by Gasteiger charge is -2.16. The second kappa shape index (κ2) is 11.4. The minimum absolute atomic E-state index is 0.637. The van der Waals surface area contributed by atoms with Crippen LogP contribution in [-0.2, 0) is 0 Å². The van der Waals surface area contributed by atoms with E-state index in [0.717, 1.165) is 44.2 Å². The average Bonchev–Trinajstić information content (AvgIpc) is 3.74. The van der Waals surface area contributed by atoms with E-state index in [9.17, 15) is 0 Å². The van der Waals surface area contributed by atoms with E-state index in [1.807, 2.05) is 29.5 Å². The average molecular weight is 681 g/mol. The summed E-state index contributed by atoms with van der Waals surface area (Å²) in [6, 6.07) is 60.3. The van der Waals surface area contributed by atoms with Crippen molar-refractivity contribution in [1.29, 1.82) is 0 Å². The van der Waals surface area contributed by atoms with Crippen molar-refractivity contribution in [1.82, 2.24) is 19.5 Å². The van der Waals surface area contributed by atoms with Gasteiger partial charge in [-0.25, -0.2) is 15.0 Å². The predicted octanol–water partition coefficient (Wildman–Crippen LogP) is 12.6. The fourth-order valence-corrected chi connectivity index (χ4v) is 8.92. The van der Waals surface area contributed by atoms with E-state index in [1.54, 1.807) is 0 Å². The van der Waals surface area contributed by atoms with Gasteiger partial charge >= 0.3 is 0 Å². The van der Waals surface area contributed by atoms with E-state index in [4.69, 9.17) is 15.0 Å². The Labute approximate surface area is 302 Å². The Morgan fingerprint density at radius 1 is 0.365 bits per heavy atom. The van der Waals surface area contributed by atoms with Gasteiger partial charge < -0.3 is 4.57 Å². The topological polar surface area (TPSA) is 43.6 Å². The zero-order valence-electron chi connectivity index (χ0n) is 27.9. The number of aromatic nitrogens is 4. The van der Waals surface area contributed by atoms with Crippen molar-refractivity contribution in [3.63, 3.8) is 0 Å². The summed E-state index contributed by atoms with van der Waals surface area (Å²) >= 11 is 1.81. The molecule has 242 valence electrons. The minimum atomic E-state index is 0.637. The summed E-state index contributed by atoms with van der Waals surface area (Å²) in [5.41, 5.74) is 6.20. The highest BCUT2D eigenvalue weighted by Gasteiger charge is 2.22. The number of hydrogen-bond acceptors (Lipinski definition) is 4. The molecule has 0 saturated heterocycles. The van der Waals surface area contributed by atoms with Crippen molar-refractivity contribution >= 4 is 74.9 Å². The molecule has 0 unspecified atom stereocenters. The van der Waals surface area contributed by atoms with Crippen LogP contribution in [0.4, 0.5) is 0 Å². The minimum Gasteiger partial charge on any atom is -0.308 e. The summed E-state index contributed by atoms with van der Waals surface area (Å²) in [5, 5.41) is 9.57. The zero-order valence-corrected chi connectivity index (χ0v) is 28.7. The molecule has 0 fully saturated rings. The largest absolute Gasteiger partial charge is 0.308 e. The van der Waals surface area contributed by atoms with Crippen LogP contribution >= 0.6 is 11.3 Å². The molecule has 3 heterocycles. The number of benzene rings is 8. The van der Waals surface area contributed by atoms with E-state index in [2.05, 4.69) is 156 Å². The van der Waals surface area contributed by atoms with Crippen LogP contribution in [-0.4, -0.2) is 19.5 Å². The van der Waals surface area contributed by atoms with E-state index in [1.165, 1.54) is 41.7 Å². The Kier molecular flexibility index (Phi) is 6.39. The lowest BCUT2D eigenvalue weighted by Crippen LogP contribution is -2.04. The van der Waals surface area contributed by atoms with Crippen molar-refractivity contribution in [3.05, 3.63) is 170 Å². The molecular formula is C47H28N4S. The van der Waals surface area contributed by atoms with Crippen molar-refractivity contribution in [3.8, 4) is 39.9 Å². The summed E-state index contributed by atoms with van der Waals surface area (Å²) in [6.45, 7) is 0. The molecule has 0 radical (unpaired) electrons. The van der Waals surface area contributed by atoms with E-state index >= 15 is 0 Å². The first-order chi connectivity index (χ1) is 25.8. The summed E-state index contributed by atoms with van der Waals surface area (Å²) in [5.74, 6) is 1.93. The first-order valence-corrected chi connectivity index (χ1v) is 18.3. The molecule has 0 bridgehead atoms. The first-order valence-electron chi connectivity index (χ1n) is 17.4. The quantitative estimate of drug-likeness (QED) is 0.186. The molecule has 52 heavy (non-hydrogen) atoms. The van der Waals surface area contributed by atoms with Gasteiger partial charge in [0.05, 0.1) is 16.7 Å². The van der Waals surface area contributed by atoms with Crippen molar-refractivity contribution in [2.24, 2.45) is 0 Å². The standard InChI is InChI=1S/C47H28N4S/c1-2-14-30(15-3-1)45-48-46(36-22-12-18-29-13-6-7-19-33(29)36)50-47(49-45)39-28-44-38(35-21-9-11-24-43(35)52-44)27-42(39)51-40-23-10-8-20-34(40)37-25-31-16-4-5-17-32(31)26-41(37)51/h1-28H. The second-order valence-corrected chi connectivity index (χ2v) is 14.3. The third-order valence-electron chi connectivity index (χ3n) is 10.2. The fourth-order valence-electron chi connectivity index (χ4n) is 7.79. The summed E-state index contributed by atoms with van der Waals surface area (Å²) in [4.78, 5) is 15.8. The fraction of sp³-hybridized carbons (Fsp3) is 0. The van der Waals surface area contributed by atoms with Crippen LogP contribution < -0.4 is 0 Å². The molecule has 0 amide bonds. The van der Waals surface area contributed by atoms with Crippen LogP contribution in [0.25, 0.3) is 103 Å². The van der Waals surface area contributed by atoms with Gasteiger partial charge in [0, 0.05) is 47.6 Å². The third kappa shape index (κ3) is 4.50. The molecule has 11 rings (SSSR count). The highest BCUT2D eigenvalue weighted by molar-refractivity contribution is 7.25. The monoisotopic (exact) mass is 680 g/mol. The molecular weight excluding hydrogens is 653 g/mol. The molecule has 0 aliphatic carbocycles. The van der Waals surface area contributed by atoms with Crippen LogP contribution in [0.2, 0.25) is 0 Å². The predicted molar refractivity (Wildman–Crippen MR) is 218 cm³/mol. The van der Waals surface area contributed by atoms with Crippen LogP contribution in [0.1, 0.15) is 0 Å². The molecule has 5 heteroatoms. The van der Waals surface area contributed by atoms with Gasteiger partial charge in [-0.15, -0.1) is 11.3 Å². The van der Waals surface area contributed by atoms with Crippen LogP contribution in [0.5, 0.6) is 0 Å². The van der Waals surface area contributed by atoms with E-state index in [0.29, 0.717) is 17.5 Å². The van der Waals surface area contributed by atoms with Crippen molar-refractivity contribution in [2.45, 2.75) is 0 Å². The molecule has 0 aliphatic heterocycles. The maximum atomic E-state index is 5.36. The number of rotatable bonds is 4. The molecule has 0 N–H and O–H groups in total. The smallest absolute Gasteiger partial charge is 0.166 e. The van der Waals surface area contributed by atoms with Gasteiger partial charge in [-0.3, -0.25) is 0 Å². The SMILES string of the molecule is c1ccc(-c2nc(-c3cc4sc5ccccc5c4cc3-n3c4ccccc4c4cc5ccccc5cc43)nc(-c3cccc4ccccc34)n2)cc1. The first kappa shape index (κ1) is 29.1. The molecule has 8 aromatic carbocycles. The summed E-state index contributed by atoms with van der Waals surface area (Å²) < 4.78 is 4.87. The number of thiophene rings is 1. The molecule has 0 spiro atoms. The third-order valence-corrected chi connectivity index (χ3v) is 11.3. The molecule has 0 atom stereocenters. The van der Waals surface area contributed by atoms with Gasteiger partial charge in [-0.05, 0) is 57.9 Å². The van der Waals surface area contributed by atoms with E-state index in [-0.39, 0.29) is 0 Å². The maximum absolute atomic E-state index is 5.36. The highest BCUT2D eigenvalue weighted by atomic mass is 32.1. The molecule has 0 aliphatic rings. The zero-order chi connectivity index (χ0) is 34.2. The van der Waals surface area contributed by atoms with Crippen LogP contribution in [0, 0.1) is 0 Å². The Bertz CT molecular complexity index is 3190. The van der Waals surface area contributed by atoms with Gasteiger partial charge in [0.15, 0.2) is 17.5 Å². The number of hydrogen-bond donors (Lipinski definition) is 0. The Hall–Kier alpha value is -6.69. The molecule has 11 aromatic rings. The van der Waals surface area contributed by atoms with Gasteiger partial charge in [-0.1, -0.05) is 133 Å². The van der Waals surface area contributed by atoms with Gasteiger partial charge in [-0.2, -0.15) is 0 Å². The van der Waals surface area contributed by atoms with Gasteiger partial charge in [0.25, 0.3) is 0 Å². The number of para-hydroxylation sites is 1. The van der Waals surface area contributed by atoms with Gasteiger partial charge in [0.2, 0.25) is 0 Å². The number of fused-ring (bicyclic) bond motifs is 8. The lowest BCUT2D eigenvalue weighted by molar-refractivity contribution is 1.07. The summed E-state index contributed by atoms with van der Waals surface area (Å²) in [6.07, 6.45) is 0. The van der Waals surface area contributed by atoms with Crippen molar-refractivity contribution in [2.75, 3.05) is 0 Å². The number of nitrogens with zero attached hydrogens (tertiary/aromatic N) is 4. The Morgan fingerprint density at radius 3 is 1.85 bits per heavy atom. The van der Waals surface area contributed by atoms with Gasteiger partial charge in [0.1, 0.15) is 0 Å². The normalized spacial score (nSPS) is 11.8. The van der Waals surface area contributed by atoms with Crippen molar-refractivity contribution < 1.29 is 0 Å². The molecule has 4 nitrogen and oxygen atoms in total. The summed E-state index contributed by atoms with van der Waals surface area (Å²) in [7, 11) is 0. The Morgan fingerprint density at radius 2 is 1.00 bits per heavy atom. The lowest BCUT2D eigenvalue weighted by atomic mass is 10.0. The Balaban J connectivity index is 1.28. The van der Waals surface area contributed by atoms with E-state index < -0.39 is 0 Å².